The van der Waals surface area contributed by atoms with Crippen molar-refractivity contribution >= 4 is 40.7 Å². The number of rotatable bonds is 10. The Kier molecular flexibility index (Phi) is 13.7. The molecule has 0 aliphatic rings. The van der Waals surface area contributed by atoms with Gasteiger partial charge in [-0.1, -0.05) is 12.1 Å². The van der Waals surface area contributed by atoms with Gasteiger partial charge in [0.25, 0.3) is 0 Å². The van der Waals surface area contributed by atoms with Crippen LogP contribution in [0.1, 0.15) is 38.3 Å². The molecular weight excluding hydrogens is 489 g/mol. The second-order valence-electron chi connectivity index (χ2n) is 7.32. The zero-order chi connectivity index (χ0) is 20.3. The molecule has 1 atom stereocenters. The largest absolute Gasteiger partial charge is 0.493 e. The van der Waals surface area contributed by atoms with E-state index in [0.717, 1.165) is 23.3 Å². The minimum atomic E-state index is -0.883. The Hall–Kier alpha value is -0.870. The number of aliphatic imine (C=N–C) groups is 1. The summed E-state index contributed by atoms with van der Waals surface area (Å²) in [5.41, 5.74) is 2.23. The third-order valence-electron chi connectivity index (χ3n) is 3.91. The topological polar surface area (TPSA) is 72.0 Å². The van der Waals surface area contributed by atoms with Crippen LogP contribution in [0, 0.1) is 6.92 Å². The molecule has 0 fully saturated rings. The van der Waals surface area contributed by atoms with Crippen LogP contribution >= 0.6 is 24.0 Å². The van der Waals surface area contributed by atoms with Gasteiger partial charge in [0.2, 0.25) is 0 Å². The predicted molar refractivity (Wildman–Crippen MR) is 130 cm³/mol. The Morgan fingerprint density at radius 1 is 1.21 bits per heavy atom. The SMILES string of the molecule is CN=C(NCCS(=O)C(C)(C)C)NCc1ccc(C)cc1OCCCOC.I. The van der Waals surface area contributed by atoms with Crippen LogP contribution in [0.3, 0.4) is 0 Å². The number of benzene rings is 1. The molecule has 0 saturated carbocycles. The molecule has 2 N–H and O–H groups in total. The standard InChI is InChI=1S/C20H35N3O3S.HI/c1-16-8-9-17(18(14-16)26-12-7-11-25-6)15-23-19(21-5)22-10-13-27(24)20(2,3)4;/h8-9,14H,7,10-13,15H2,1-6H3,(H2,21,22,23);1H. The van der Waals surface area contributed by atoms with Crippen molar-refractivity contribution in [3.05, 3.63) is 29.3 Å². The van der Waals surface area contributed by atoms with Crippen LogP contribution in [0.4, 0.5) is 0 Å². The lowest BCUT2D eigenvalue weighted by Gasteiger charge is -2.19. The van der Waals surface area contributed by atoms with Gasteiger partial charge in [0, 0.05) is 67.1 Å². The first-order valence-electron chi connectivity index (χ1n) is 9.32. The van der Waals surface area contributed by atoms with Gasteiger partial charge in [-0.25, -0.2) is 0 Å². The number of nitrogens with one attached hydrogen (secondary N) is 2. The molecule has 0 heterocycles. The Morgan fingerprint density at radius 2 is 1.93 bits per heavy atom. The van der Waals surface area contributed by atoms with Gasteiger partial charge in [0.1, 0.15) is 5.75 Å². The second-order valence-corrected chi connectivity index (χ2v) is 9.64. The molecule has 8 heteroatoms. The van der Waals surface area contributed by atoms with E-state index >= 15 is 0 Å². The Balaban J connectivity index is 0.00000729. The fourth-order valence-corrected chi connectivity index (χ4v) is 3.20. The number of ether oxygens (including phenoxy) is 2. The van der Waals surface area contributed by atoms with Gasteiger partial charge < -0.3 is 20.1 Å². The fourth-order valence-electron chi connectivity index (χ4n) is 2.30. The number of hydrogen-bond acceptors (Lipinski definition) is 4. The highest BCUT2D eigenvalue weighted by molar-refractivity contribution is 14.0. The van der Waals surface area contributed by atoms with Crippen molar-refractivity contribution in [1.29, 1.82) is 0 Å². The number of hydrogen-bond donors (Lipinski definition) is 2. The predicted octanol–water partition coefficient (Wildman–Crippen LogP) is 3.24. The summed E-state index contributed by atoms with van der Waals surface area (Å²) in [6, 6.07) is 6.18. The highest BCUT2D eigenvalue weighted by atomic mass is 127. The van der Waals surface area contributed by atoms with E-state index in [4.69, 9.17) is 9.47 Å². The van der Waals surface area contributed by atoms with E-state index in [1.807, 2.05) is 26.8 Å². The molecule has 0 saturated heterocycles. The summed E-state index contributed by atoms with van der Waals surface area (Å²) >= 11 is 0. The molecule has 0 radical (unpaired) electrons. The van der Waals surface area contributed by atoms with Crippen molar-refractivity contribution in [3.63, 3.8) is 0 Å². The maximum Gasteiger partial charge on any atom is 0.191 e. The van der Waals surface area contributed by atoms with Gasteiger partial charge in [0.15, 0.2) is 5.96 Å². The lowest BCUT2D eigenvalue weighted by molar-refractivity contribution is 0.171. The number of halogens is 1. The Morgan fingerprint density at radius 3 is 2.54 bits per heavy atom. The van der Waals surface area contributed by atoms with Gasteiger partial charge in [-0.15, -0.1) is 24.0 Å². The van der Waals surface area contributed by atoms with E-state index in [0.29, 0.717) is 38.0 Å². The van der Waals surface area contributed by atoms with Crippen LogP contribution in [0.15, 0.2) is 23.2 Å². The van der Waals surface area contributed by atoms with Gasteiger partial charge in [-0.3, -0.25) is 9.20 Å². The summed E-state index contributed by atoms with van der Waals surface area (Å²) in [6.45, 7) is 10.5. The number of aryl methyl sites for hydroxylation is 1. The van der Waals surface area contributed by atoms with Crippen LogP contribution in [-0.2, 0) is 22.1 Å². The van der Waals surface area contributed by atoms with Crippen molar-refractivity contribution in [1.82, 2.24) is 10.6 Å². The van der Waals surface area contributed by atoms with E-state index in [-0.39, 0.29) is 28.7 Å². The maximum atomic E-state index is 12.1. The molecule has 1 rings (SSSR count). The number of methoxy groups -OCH3 is 1. The fraction of sp³-hybridized carbons (Fsp3) is 0.650. The molecule has 0 aliphatic carbocycles. The van der Waals surface area contributed by atoms with E-state index in [1.54, 1.807) is 14.2 Å². The minimum absolute atomic E-state index is 0. The van der Waals surface area contributed by atoms with Crippen LogP contribution in [0.25, 0.3) is 0 Å². The van der Waals surface area contributed by atoms with E-state index < -0.39 is 10.8 Å². The van der Waals surface area contributed by atoms with Crippen LogP contribution in [0.2, 0.25) is 0 Å². The van der Waals surface area contributed by atoms with E-state index in [2.05, 4.69) is 34.7 Å². The van der Waals surface area contributed by atoms with Gasteiger partial charge in [0.05, 0.1) is 6.61 Å². The highest BCUT2D eigenvalue weighted by Crippen LogP contribution is 2.20. The first-order valence-corrected chi connectivity index (χ1v) is 10.6. The Labute approximate surface area is 189 Å². The molecule has 0 aliphatic heterocycles. The van der Waals surface area contributed by atoms with Gasteiger partial charge in [-0.05, 0) is 39.3 Å². The molecular formula is C20H36IN3O3S. The third kappa shape index (κ3) is 10.6. The second kappa shape index (κ2) is 14.2. The summed E-state index contributed by atoms with van der Waals surface area (Å²) < 4.78 is 22.9. The molecule has 1 aromatic rings. The lowest BCUT2D eigenvalue weighted by Crippen LogP contribution is -2.40. The Bertz CT molecular complexity index is 634. The first kappa shape index (κ1) is 27.1. The molecule has 1 unspecified atom stereocenters. The van der Waals surface area contributed by atoms with E-state index in [1.165, 1.54) is 0 Å². The average molecular weight is 525 g/mol. The van der Waals surface area contributed by atoms with Crippen molar-refractivity contribution in [3.8, 4) is 5.75 Å². The summed E-state index contributed by atoms with van der Waals surface area (Å²) in [5.74, 6) is 2.15. The molecule has 0 aromatic heterocycles. The van der Waals surface area contributed by atoms with Crippen LogP contribution in [0.5, 0.6) is 5.75 Å². The molecule has 28 heavy (non-hydrogen) atoms. The van der Waals surface area contributed by atoms with Crippen molar-refractivity contribution < 1.29 is 13.7 Å². The lowest BCUT2D eigenvalue weighted by atomic mass is 10.1. The van der Waals surface area contributed by atoms with Crippen molar-refractivity contribution in [2.45, 2.75) is 45.4 Å². The minimum Gasteiger partial charge on any atom is -0.493 e. The highest BCUT2D eigenvalue weighted by Gasteiger charge is 2.18. The van der Waals surface area contributed by atoms with Gasteiger partial charge >= 0.3 is 0 Å². The molecule has 0 spiro atoms. The average Bonchev–Trinajstić information content (AvgIpc) is 2.61. The summed E-state index contributed by atoms with van der Waals surface area (Å²) in [7, 11) is 2.54. The molecule has 162 valence electrons. The van der Waals surface area contributed by atoms with Gasteiger partial charge in [-0.2, -0.15) is 0 Å². The smallest absolute Gasteiger partial charge is 0.191 e. The zero-order valence-corrected chi connectivity index (χ0v) is 21.1. The summed E-state index contributed by atoms with van der Waals surface area (Å²) in [6.07, 6.45) is 0.853. The number of guanidine groups is 1. The van der Waals surface area contributed by atoms with Crippen molar-refractivity contribution in [2.75, 3.05) is 39.7 Å². The molecule has 0 amide bonds. The normalized spacial score (nSPS) is 12.9. The zero-order valence-electron chi connectivity index (χ0n) is 18.0. The first-order chi connectivity index (χ1) is 12.8. The monoisotopic (exact) mass is 525 g/mol. The third-order valence-corrected chi connectivity index (χ3v) is 5.85. The van der Waals surface area contributed by atoms with E-state index in [9.17, 15) is 4.21 Å². The maximum absolute atomic E-state index is 12.1. The summed E-state index contributed by atoms with van der Waals surface area (Å²) in [5, 5.41) is 6.52. The summed E-state index contributed by atoms with van der Waals surface area (Å²) in [4.78, 5) is 4.23. The quantitative estimate of drug-likeness (QED) is 0.213. The number of nitrogens with zero attached hydrogens (tertiary/aromatic N) is 1. The van der Waals surface area contributed by atoms with Crippen LogP contribution in [-0.4, -0.2) is 54.6 Å². The van der Waals surface area contributed by atoms with Crippen LogP contribution < -0.4 is 15.4 Å². The molecule has 0 bridgehead atoms. The molecule has 6 nitrogen and oxygen atoms in total. The molecule has 1 aromatic carbocycles. The van der Waals surface area contributed by atoms with Crippen molar-refractivity contribution in [2.24, 2.45) is 4.99 Å².